The van der Waals surface area contributed by atoms with Crippen LogP contribution in [0.25, 0.3) is 0 Å². The van der Waals surface area contributed by atoms with Crippen LogP contribution in [0.3, 0.4) is 0 Å². The summed E-state index contributed by atoms with van der Waals surface area (Å²) in [7, 11) is -3.44. The summed E-state index contributed by atoms with van der Waals surface area (Å²) >= 11 is 0. The van der Waals surface area contributed by atoms with Crippen LogP contribution in [0.1, 0.15) is 25.3 Å². The lowest BCUT2D eigenvalue weighted by atomic mass is 10.2. The molecule has 0 unspecified atom stereocenters. The molecule has 1 atom stereocenters. The van der Waals surface area contributed by atoms with Crippen LogP contribution >= 0.6 is 0 Å². The summed E-state index contributed by atoms with van der Waals surface area (Å²) < 4.78 is 26.6. The van der Waals surface area contributed by atoms with Crippen LogP contribution in [0.4, 0.5) is 11.4 Å². The maximum Gasteiger partial charge on any atom is 0.246 e. The third kappa shape index (κ3) is 4.67. The van der Waals surface area contributed by atoms with E-state index in [0.717, 1.165) is 24.1 Å². The van der Waals surface area contributed by atoms with Gasteiger partial charge in [-0.1, -0.05) is 12.1 Å². The van der Waals surface area contributed by atoms with Gasteiger partial charge in [0.05, 0.1) is 4.90 Å². The minimum absolute atomic E-state index is 0.188. The number of amides is 1. The lowest BCUT2D eigenvalue weighted by Crippen LogP contribution is -2.32. The van der Waals surface area contributed by atoms with E-state index in [1.54, 1.807) is 31.2 Å². The number of nitrogens with one attached hydrogen (secondary N) is 2. The predicted molar refractivity (Wildman–Crippen MR) is 107 cm³/mol. The summed E-state index contributed by atoms with van der Waals surface area (Å²) in [4.78, 5) is 12.7. The lowest BCUT2D eigenvalue weighted by Gasteiger charge is -2.17. The summed E-state index contributed by atoms with van der Waals surface area (Å²) in [6.07, 6.45) is 1.80. The van der Waals surface area contributed by atoms with E-state index in [0.29, 0.717) is 18.8 Å². The number of hydrogen-bond acceptors (Lipinski definition) is 4. The molecule has 3 rings (SSSR count). The zero-order valence-corrected chi connectivity index (χ0v) is 16.4. The molecule has 27 heavy (non-hydrogen) atoms. The Morgan fingerprint density at radius 1 is 1.04 bits per heavy atom. The van der Waals surface area contributed by atoms with E-state index < -0.39 is 16.1 Å². The number of benzene rings is 2. The van der Waals surface area contributed by atoms with Crippen LogP contribution in [-0.4, -0.2) is 37.8 Å². The molecule has 0 bridgehead atoms. The fraction of sp³-hybridized carbons (Fsp3) is 0.350. The molecule has 6 nitrogen and oxygen atoms in total. The topological polar surface area (TPSA) is 78.5 Å². The highest BCUT2D eigenvalue weighted by Gasteiger charge is 2.27. The van der Waals surface area contributed by atoms with Crippen molar-refractivity contribution >= 4 is 27.3 Å². The molecule has 1 saturated heterocycles. The van der Waals surface area contributed by atoms with Gasteiger partial charge in [0.2, 0.25) is 15.9 Å². The number of rotatable bonds is 6. The van der Waals surface area contributed by atoms with E-state index >= 15 is 0 Å². The molecule has 0 radical (unpaired) electrons. The fourth-order valence-electron chi connectivity index (χ4n) is 3.09. The Labute approximate surface area is 160 Å². The Kier molecular flexibility index (Phi) is 5.82. The van der Waals surface area contributed by atoms with E-state index in [4.69, 9.17) is 0 Å². The molecule has 0 saturated carbocycles. The van der Waals surface area contributed by atoms with Crippen molar-refractivity contribution in [3.8, 4) is 0 Å². The van der Waals surface area contributed by atoms with Crippen LogP contribution < -0.4 is 10.6 Å². The molecular weight excluding hydrogens is 362 g/mol. The highest BCUT2D eigenvalue weighted by atomic mass is 32.2. The largest absolute Gasteiger partial charge is 0.374 e. The average Bonchev–Trinajstić information content (AvgIpc) is 3.17. The second kappa shape index (κ2) is 8.10. The van der Waals surface area contributed by atoms with Crippen molar-refractivity contribution in [2.24, 2.45) is 0 Å². The van der Waals surface area contributed by atoms with E-state index in [2.05, 4.69) is 10.6 Å². The average molecular weight is 388 g/mol. The van der Waals surface area contributed by atoms with Crippen molar-refractivity contribution in [2.45, 2.75) is 37.6 Å². The number of anilines is 2. The Balaban J connectivity index is 1.62. The second-order valence-corrected chi connectivity index (χ2v) is 8.80. The summed E-state index contributed by atoms with van der Waals surface area (Å²) in [5, 5.41) is 5.98. The van der Waals surface area contributed by atoms with Crippen molar-refractivity contribution < 1.29 is 13.2 Å². The minimum Gasteiger partial charge on any atom is -0.374 e. The molecule has 1 fully saturated rings. The maximum absolute atomic E-state index is 12.5. The van der Waals surface area contributed by atoms with Gasteiger partial charge in [-0.15, -0.1) is 0 Å². The number of sulfonamides is 1. The Bertz CT molecular complexity index is 904. The zero-order valence-electron chi connectivity index (χ0n) is 15.6. The van der Waals surface area contributed by atoms with Crippen molar-refractivity contribution in [3.05, 3.63) is 54.1 Å². The van der Waals surface area contributed by atoms with Gasteiger partial charge in [-0.25, -0.2) is 8.42 Å². The first-order chi connectivity index (χ1) is 12.9. The summed E-state index contributed by atoms with van der Waals surface area (Å²) in [6, 6.07) is 13.7. The molecule has 0 aliphatic carbocycles. The molecule has 1 amide bonds. The van der Waals surface area contributed by atoms with Crippen molar-refractivity contribution in [2.75, 3.05) is 23.7 Å². The first-order valence-electron chi connectivity index (χ1n) is 9.10. The summed E-state index contributed by atoms with van der Waals surface area (Å²) in [6.45, 7) is 4.92. The van der Waals surface area contributed by atoms with Gasteiger partial charge in [0.1, 0.15) is 6.04 Å². The van der Waals surface area contributed by atoms with Gasteiger partial charge < -0.3 is 10.6 Å². The third-order valence-electron chi connectivity index (χ3n) is 4.62. The van der Waals surface area contributed by atoms with Crippen molar-refractivity contribution in [1.29, 1.82) is 0 Å². The number of carbonyl (C=O) groups excluding carboxylic acids is 1. The highest BCUT2D eigenvalue weighted by Crippen LogP contribution is 2.22. The van der Waals surface area contributed by atoms with Gasteiger partial charge in [0.15, 0.2) is 0 Å². The van der Waals surface area contributed by atoms with Crippen molar-refractivity contribution in [3.63, 3.8) is 0 Å². The van der Waals surface area contributed by atoms with Crippen LogP contribution in [-0.2, 0) is 14.8 Å². The molecule has 0 spiro atoms. The van der Waals surface area contributed by atoms with Crippen LogP contribution in [0.5, 0.6) is 0 Å². The predicted octanol–water partition coefficient (Wildman–Crippen LogP) is 3.22. The number of nitrogens with zero attached hydrogens (tertiary/aromatic N) is 1. The second-order valence-electron chi connectivity index (χ2n) is 6.86. The van der Waals surface area contributed by atoms with E-state index in [1.165, 1.54) is 4.31 Å². The molecule has 0 aromatic heterocycles. The van der Waals surface area contributed by atoms with Gasteiger partial charge in [-0.3, -0.25) is 4.79 Å². The van der Waals surface area contributed by atoms with E-state index in [1.807, 2.05) is 31.2 Å². The summed E-state index contributed by atoms with van der Waals surface area (Å²) in [5.74, 6) is -0.188. The maximum atomic E-state index is 12.5. The molecule has 1 heterocycles. The first-order valence-corrected chi connectivity index (χ1v) is 10.5. The van der Waals surface area contributed by atoms with Crippen LogP contribution in [0, 0.1) is 6.92 Å². The van der Waals surface area contributed by atoms with Gasteiger partial charge in [-0.05, 0) is 68.7 Å². The minimum atomic E-state index is -3.44. The molecule has 1 aliphatic heterocycles. The first kappa shape index (κ1) is 19.4. The molecule has 1 aliphatic rings. The van der Waals surface area contributed by atoms with Gasteiger partial charge in [0.25, 0.3) is 0 Å². The smallest absolute Gasteiger partial charge is 0.246 e. The van der Waals surface area contributed by atoms with Crippen LogP contribution in [0.2, 0.25) is 0 Å². The molecule has 2 N–H and O–H groups in total. The number of carbonyl (C=O) groups is 1. The fourth-order valence-corrected chi connectivity index (χ4v) is 4.61. The van der Waals surface area contributed by atoms with Gasteiger partial charge in [0, 0.05) is 24.5 Å². The molecular formula is C20H25N3O3S. The SMILES string of the molecule is Cc1cccc(N[C@@H](C)C(=O)Nc2ccc(S(=O)(=O)N3CCCC3)cc2)c1. The monoisotopic (exact) mass is 387 g/mol. The lowest BCUT2D eigenvalue weighted by molar-refractivity contribution is -0.116. The van der Waals surface area contributed by atoms with E-state index in [9.17, 15) is 13.2 Å². The molecule has 144 valence electrons. The summed E-state index contributed by atoms with van der Waals surface area (Å²) in [5.41, 5.74) is 2.56. The molecule has 2 aromatic carbocycles. The van der Waals surface area contributed by atoms with Crippen LogP contribution in [0.15, 0.2) is 53.4 Å². The standard InChI is InChI=1S/C20H25N3O3S/c1-15-6-5-7-18(14-15)21-16(2)20(24)22-17-8-10-19(11-9-17)27(25,26)23-12-3-4-13-23/h5-11,14,16,21H,3-4,12-13H2,1-2H3,(H,22,24)/t16-/m0/s1. The van der Waals surface area contributed by atoms with E-state index in [-0.39, 0.29) is 10.8 Å². The Morgan fingerprint density at radius 2 is 1.70 bits per heavy atom. The van der Waals surface area contributed by atoms with Crippen molar-refractivity contribution in [1.82, 2.24) is 4.31 Å². The van der Waals surface area contributed by atoms with Gasteiger partial charge in [-0.2, -0.15) is 4.31 Å². The zero-order chi connectivity index (χ0) is 19.4. The normalized spacial score (nSPS) is 16.1. The Morgan fingerprint density at radius 3 is 2.33 bits per heavy atom. The molecule has 7 heteroatoms. The number of aryl methyl sites for hydroxylation is 1. The Hall–Kier alpha value is -2.38. The van der Waals surface area contributed by atoms with Gasteiger partial charge >= 0.3 is 0 Å². The number of hydrogen-bond donors (Lipinski definition) is 2. The third-order valence-corrected chi connectivity index (χ3v) is 6.53. The quantitative estimate of drug-likeness (QED) is 0.798. The highest BCUT2D eigenvalue weighted by molar-refractivity contribution is 7.89. The molecule has 2 aromatic rings.